The minimum Gasteiger partial charge on any atom is -0.383 e. The zero-order valence-electron chi connectivity index (χ0n) is 10.6. The first-order valence-electron chi connectivity index (χ1n) is 5.29. The highest BCUT2D eigenvalue weighted by atomic mass is 32.2. The number of hydrazine groups is 1. The SMILES string of the molecule is COCCN(NS(=O)O)c1ccccc1S(C)(=O)=O. The van der Waals surface area contributed by atoms with E-state index < -0.39 is 21.1 Å². The second-order valence-corrected chi connectivity index (χ2v) is 6.39. The normalized spacial score (nSPS) is 13.2. The lowest BCUT2D eigenvalue weighted by Gasteiger charge is -2.24. The predicted octanol–water partition coefficient (Wildman–Crippen LogP) is 0.184. The Hall–Kier alpha value is -1.00. The fourth-order valence-corrected chi connectivity index (χ4v) is 2.75. The van der Waals surface area contributed by atoms with E-state index in [9.17, 15) is 12.6 Å². The van der Waals surface area contributed by atoms with Gasteiger partial charge in [0.2, 0.25) is 0 Å². The van der Waals surface area contributed by atoms with Gasteiger partial charge in [0.1, 0.15) is 0 Å². The Labute approximate surface area is 114 Å². The molecule has 0 amide bonds. The molecule has 1 aromatic carbocycles. The summed E-state index contributed by atoms with van der Waals surface area (Å²) in [5.74, 6) is 0. The number of hydrogen-bond donors (Lipinski definition) is 2. The molecule has 0 saturated carbocycles. The summed E-state index contributed by atoms with van der Waals surface area (Å²) in [6.07, 6.45) is 1.08. The largest absolute Gasteiger partial charge is 0.383 e. The molecule has 1 rings (SSSR count). The van der Waals surface area contributed by atoms with Gasteiger partial charge in [-0.1, -0.05) is 12.1 Å². The zero-order chi connectivity index (χ0) is 14.5. The van der Waals surface area contributed by atoms with E-state index in [1.807, 2.05) is 0 Å². The molecule has 0 aliphatic rings. The van der Waals surface area contributed by atoms with E-state index in [2.05, 4.69) is 4.83 Å². The van der Waals surface area contributed by atoms with E-state index in [-0.39, 0.29) is 18.0 Å². The average Bonchev–Trinajstić information content (AvgIpc) is 2.33. The van der Waals surface area contributed by atoms with Gasteiger partial charge in [-0.25, -0.2) is 12.6 Å². The maximum absolute atomic E-state index is 11.7. The number of sulfone groups is 1. The van der Waals surface area contributed by atoms with Crippen molar-refractivity contribution >= 4 is 26.8 Å². The molecule has 108 valence electrons. The zero-order valence-corrected chi connectivity index (χ0v) is 12.2. The molecule has 19 heavy (non-hydrogen) atoms. The van der Waals surface area contributed by atoms with Crippen LogP contribution >= 0.6 is 0 Å². The van der Waals surface area contributed by atoms with Crippen LogP contribution in [-0.4, -0.2) is 43.7 Å². The minimum absolute atomic E-state index is 0.0732. The summed E-state index contributed by atoms with van der Waals surface area (Å²) in [7, 11) is -1.96. The van der Waals surface area contributed by atoms with Gasteiger partial charge >= 0.3 is 0 Å². The summed E-state index contributed by atoms with van der Waals surface area (Å²) in [5, 5.41) is 1.27. The fraction of sp³-hybridized carbons (Fsp3) is 0.400. The summed E-state index contributed by atoms with van der Waals surface area (Å²) in [4.78, 5) is 2.33. The lowest BCUT2D eigenvalue weighted by atomic mass is 10.3. The number of para-hydroxylation sites is 1. The third-order valence-electron chi connectivity index (χ3n) is 2.26. The maximum atomic E-state index is 11.7. The van der Waals surface area contributed by atoms with E-state index in [4.69, 9.17) is 9.29 Å². The van der Waals surface area contributed by atoms with Gasteiger partial charge in [-0.3, -0.25) is 9.56 Å². The number of methoxy groups -OCH3 is 1. The van der Waals surface area contributed by atoms with Crippen molar-refractivity contribution in [1.82, 2.24) is 4.83 Å². The molecule has 0 bridgehead atoms. The number of benzene rings is 1. The Morgan fingerprint density at radius 1 is 1.42 bits per heavy atom. The van der Waals surface area contributed by atoms with Crippen LogP contribution in [0.3, 0.4) is 0 Å². The van der Waals surface area contributed by atoms with Gasteiger partial charge in [0.25, 0.3) is 11.3 Å². The monoisotopic (exact) mass is 308 g/mol. The van der Waals surface area contributed by atoms with Crippen molar-refractivity contribution in [3.8, 4) is 0 Å². The van der Waals surface area contributed by atoms with E-state index >= 15 is 0 Å². The highest BCUT2D eigenvalue weighted by molar-refractivity contribution is 7.90. The van der Waals surface area contributed by atoms with Crippen molar-refractivity contribution < 1.29 is 21.9 Å². The first-order valence-corrected chi connectivity index (χ1v) is 8.28. The second-order valence-electron chi connectivity index (χ2n) is 3.72. The van der Waals surface area contributed by atoms with Crippen LogP contribution in [0.4, 0.5) is 5.69 Å². The first-order chi connectivity index (χ1) is 8.86. The van der Waals surface area contributed by atoms with Crippen LogP contribution < -0.4 is 9.84 Å². The molecule has 7 nitrogen and oxygen atoms in total. The van der Waals surface area contributed by atoms with Gasteiger partial charge in [0.05, 0.1) is 23.7 Å². The fourth-order valence-electron chi connectivity index (χ4n) is 1.49. The number of ether oxygens (including phenoxy) is 1. The Kier molecular flexibility index (Phi) is 5.88. The molecular formula is C10H16N2O5S2. The maximum Gasteiger partial charge on any atom is 0.250 e. The average molecular weight is 308 g/mol. The molecule has 0 aromatic heterocycles. The van der Waals surface area contributed by atoms with Crippen molar-refractivity contribution in [3.63, 3.8) is 0 Å². The van der Waals surface area contributed by atoms with Crippen molar-refractivity contribution in [3.05, 3.63) is 24.3 Å². The Bertz CT molecular complexity index is 547. The van der Waals surface area contributed by atoms with Crippen LogP contribution in [0.15, 0.2) is 29.2 Å². The third kappa shape index (κ3) is 4.88. The summed E-state index contributed by atoms with van der Waals surface area (Å²) >= 11 is -2.31. The minimum atomic E-state index is -3.44. The van der Waals surface area contributed by atoms with Crippen LogP contribution in [0.1, 0.15) is 0 Å². The summed E-state index contributed by atoms with van der Waals surface area (Å²) < 4.78 is 48.1. The molecule has 0 radical (unpaired) electrons. The van der Waals surface area contributed by atoms with Gasteiger partial charge in [-0.05, 0) is 12.1 Å². The van der Waals surface area contributed by atoms with Gasteiger partial charge in [0, 0.05) is 13.4 Å². The molecule has 0 heterocycles. The van der Waals surface area contributed by atoms with Crippen LogP contribution in [0.2, 0.25) is 0 Å². The molecule has 0 fully saturated rings. The Morgan fingerprint density at radius 3 is 2.58 bits per heavy atom. The highest BCUT2D eigenvalue weighted by Gasteiger charge is 2.18. The van der Waals surface area contributed by atoms with E-state index in [0.29, 0.717) is 5.69 Å². The molecule has 2 N–H and O–H groups in total. The smallest absolute Gasteiger partial charge is 0.250 e. The van der Waals surface area contributed by atoms with Crippen LogP contribution in [0.25, 0.3) is 0 Å². The molecule has 1 unspecified atom stereocenters. The van der Waals surface area contributed by atoms with E-state index in [1.165, 1.54) is 18.2 Å². The van der Waals surface area contributed by atoms with Gasteiger partial charge in [-0.2, -0.15) is 0 Å². The Balaban J connectivity index is 3.18. The van der Waals surface area contributed by atoms with Crippen molar-refractivity contribution in [2.24, 2.45) is 0 Å². The van der Waals surface area contributed by atoms with Gasteiger partial charge in [0.15, 0.2) is 9.84 Å². The lowest BCUT2D eigenvalue weighted by Crippen LogP contribution is -2.42. The molecule has 9 heteroatoms. The number of rotatable bonds is 7. The third-order valence-corrected chi connectivity index (χ3v) is 3.78. The number of anilines is 1. The predicted molar refractivity (Wildman–Crippen MR) is 72.7 cm³/mol. The van der Waals surface area contributed by atoms with Crippen LogP contribution in [0.5, 0.6) is 0 Å². The lowest BCUT2D eigenvalue weighted by molar-refractivity contribution is 0.204. The molecule has 1 atom stereocenters. The van der Waals surface area contributed by atoms with E-state index in [0.717, 1.165) is 6.26 Å². The molecular weight excluding hydrogens is 292 g/mol. The van der Waals surface area contributed by atoms with Gasteiger partial charge in [-0.15, -0.1) is 4.83 Å². The van der Waals surface area contributed by atoms with Crippen LogP contribution in [0, 0.1) is 0 Å². The standard InChI is InChI=1S/C10H16N2O5S2/c1-17-8-7-12(11-18(13)14)9-5-3-4-6-10(9)19(2,15)16/h3-6,11H,7-8H2,1-2H3,(H,13,14). The topological polar surface area (TPSA) is 95.9 Å². The van der Waals surface area contributed by atoms with Gasteiger partial charge < -0.3 is 4.74 Å². The summed E-state index contributed by atoms with van der Waals surface area (Å²) in [6.45, 7) is 0.484. The molecule has 0 saturated heterocycles. The number of nitrogens with zero attached hydrogens (tertiary/aromatic N) is 1. The Morgan fingerprint density at radius 2 is 2.05 bits per heavy atom. The molecule has 1 aromatic rings. The number of nitrogens with one attached hydrogen (secondary N) is 1. The van der Waals surface area contributed by atoms with E-state index in [1.54, 1.807) is 18.2 Å². The summed E-state index contributed by atoms with van der Waals surface area (Å²) in [6, 6.07) is 6.22. The van der Waals surface area contributed by atoms with Crippen molar-refractivity contribution in [1.29, 1.82) is 0 Å². The highest BCUT2D eigenvalue weighted by Crippen LogP contribution is 2.23. The first kappa shape index (κ1) is 16.1. The molecule has 0 aliphatic heterocycles. The van der Waals surface area contributed by atoms with Crippen molar-refractivity contribution in [2.45, 2.75) is 4.90 Å². The molecule has 0 spiro atoms. The second kappa shape index (κ2) is 6.96. The quantitative estimate of drug-likeness (QED) is 0.551. The van der Waals surface area contributed by atoms with Crippen LogP contribution in [-0.2, 0) is 25.8 Å². The summed E-state index contributed by atoms with van der Waals surface area (Å²) in [5.41, 5.74) is 0.296. The molecule has 0 aliphatic carbocycles. The number of hydrogen-bond acceptors (Lipinski definition) is 5. The van der Waals surface area contributed by atoms with Crippen molar-refractivity contribution in [2.75, 3.05) is 31.5 Å².